The summed E-state index contributed by atoms with van der Waals surface area (Å²) in [5.74, 6) is -1.06. The fourth-order valence-electron chi connectivity index (χ4n) is 3.92. The molecule has 31 heavy (non-hydrogen) atoms. The molecule has 0 radical (unpaired) electrons. The first-order chi connectivity index (χ1) is 14.7. The minimum Gasteiger partial charge on any atom is -0.503 e. The lowest BCUT2D eigenvalue weighted by Gasteiger charge is -2.34. The molecule has 2 heterocycles. The van der Waals surface area contributed by atoms with Crippen LogP contribution in [0.15, 0.2) is 58.2 Å². The lowest BCUT2D eigenvalue weighted by Crippen LogP contribution is -2.46. The van der Waals surface area contributed by atoms with Crippen molar-refractivity contribution < 1.29 is 18.3 Å². The zero-order chi connectivity index (χ0) is 22.3. The van der Waals surface area contributed by atoms with Gasteiger partial charge in [0.25, 0.3) is 5.91 Å². The summed E-state index contributed by atoms with van der Waals surface area (Å²) in [7, 11) is -3.90. The molecule has 3 aromatic rings. The second kappa shape index (κ2) is 7.82. The summed E-state index contributed by atoms with van der Waals surface area (Å²) in [5, 5.41) is 11.6. The van der Waals surface area contributed by atoms with Crippen LogP contribution < -0.4 is 10.2 Å². The summed E-state index contributed by atoms with van der Waals surface area (Å²) in [4.78, 5) is 26.8. The number of amides is 1. The van der Waals surface area contributed by atoms with Crippen LogP contribution in [0.25, 0.3) is 10.8 Å². The van der Waals surface area contributed by atoms with Crippen molar-refractivity contribution in [2.24, 2.45) is 0 Å². The highest BCUT2D eigenvalue weighted by Crippen LogP contribution is 2.25. The molecule has 1 amide bonds. The first-order valence-electron chi connectivity index (χ1n) is 9.95. The van der Waals surface area contributed by atoms with Gasteiger partial charge < -0.3 is 14.6 Å². The van der Waals surface area contributed by atoms with E-state index in [2.05, 4.69) is 4.72 Å². The van der Waals surface area contributed by atoms with Crippen molar-refractivity contribution in [2.45, 2.75) is 37.9 Å². The van der Waals surface area contributed by atoms with Crippen molar-refractivity contribution in [3.05, 3.63) is 70.1 Å². The molecular formula is C22H23N3O5S. The Balaban J connectivity index is 1.70. The van der Waals surface area contributed by atoms with Crippen LogP contribution in [0.1, 0.15) is 30.0 Å². The predicted octanol–water partition coefficient (Wildman–Crippen LogP) is 2.05. The van der Waals surface area contributed by atoms with Crippen LogP contribution in [0.2, 0.25) is 0 Å². The minimum absolute atomic E-state index is 0.0933. The van der Waals surface area contributed by atoms with Gasteiger partial charge in [0, 0.05) is 36.3 Å². The van der Waals surface area contributed by atoms with Crippen LogP contribution in [0, 0.1) is 0 Å². The van der Waals surface area contributed by atoms with Gasteiger partial charge in [0.15, 0.2) is 11.4 Å². The average molecular weight is 442 g/mol. The number of nitrogens with one attached hydrogen (secondary N) is 1. The van der Waals surface area contributed by atoms with Crippen LogP contribution in [0.3, 0.4) is 0 Å². The van der Waals surface area contributed by atoms with Gasteiger partial charge in [-0.2, -0.15) is 0 Å². The van der Waals surface area contributed by atoms with Gasteiger partial charge in [0.2, 0.25) is 15.5 Å². The minimum atomic E-state index is -3.90. The highest BCUT2D eigenvalue weighted by Gasteiger charge is 2.31. The van der Waals surface area contributed by atoms with Gasteiger partial charge >= 0.3 is 0 Å². The Morgan fingerprint density at radius 2 is 1.77 bits per heavy atom. The Kier molecular flexibility index (Phi) is 5.32. The van der Waals surface area contributed by atoms with E-state index in [1.54, 1.807) is 23.1 Å². The molecule has 8 nitrogen and oxygen atoms in total. The number of aromatic nitrogens is 1. The number of benzene rings is 2. The Morgan fingerprint density at radius 3 is 2.52 bits per heavy atom. The molecule has 0 saturated heterocycles. The fourth-order valence-corrected chi connectivity index (χ4v) is 5.15. The third-order valence-corrected chi connectivity index (χ3v) is 6.97. The van der Waals surface area contributed by atoms with Crippen molar-refractivity contribution in [1.82, 2.24) is 14.2 Å². The van der Waals surface area contributed by atoms with Crippen molar-refractivity contribution in [3.63, 3.8) is 0 Å². The first-order valence-corrected chi connectivity index (χ1v) is 11.4. The molecule has 1 aliphatic rings. The van der Waals surface area contributed by atoms with E-state index in [9.17, 15) is 23.1 Å². The summed E-state index contributed by atoms with van der Waals surface area (Å²) >= 11 is 0. The smallest absolute Gasteiger partial charge is 0.274 e. The maximum Gasteiger partial charge on any atom is 0.274 e. The normalized spacial score (nSPS) is 14.3. The number of nitrogens with zero attached hydrogens (tertiary/aromatic N) is 2. The lowest BCUT2D eigenvalue weighted by atomic mass is 10.1. The molecule has 0 saturated carbocycles. The van der Waals surface area contributed by atoms with Crippen molar-refractivity contribution in [2.75, 3.05) is 6.54 Å². The number of hydrogen-bond donors (Lipinski definition) is 2. The number of carbonyl (C=O) groups is 1. The van der Waals surface area contributed by atoms with Gasteiger partial charge in [-0.3, -0.25) is 9.59 Å². The summed E-state index contributed by atoms with van der Waals surface area (Å²) in [5.41, 5.74) is -0.505. The molecule has 2 aromatic carbocycles. The standard InChI is InChI=1S/C22H23N3O5S/c1-14(2)24-10-11-25-16(12-18(26)21(27)20(25)22(24)28)13-23-31(29,30)19-9-5-7-15-6-3-4-8-17(15)19/h3-9,12,14,23,27H,10-11,13H2,1-2H3. The Bertz CT molecular complexity index is 1340. The number of sulfonamides is 1. The summed E-state index contributed by atoms with van der Waals surface area (Å²) in [6.07, 6.45) is 0. The van der Waals surface area contributed by atoms with Crippen LogP contribution in [-0.4, -0.2) is 41.5 Å². The molecule has 0 fully saturated rings. The number of pyridine rings is 1. The number of carbonyl (C=O) groups excluding carboxylic acids is 1. The topological polar surface area (TPSA) is 109 Å². The van der Waals surface area contributed by atoms with Gasteiger partial charge in [-0.1, -0.05) is 36.4 Å². The van der Waals surface area contributed by atoms with Gasteiger partial charge in [0.1, 0.15) is 0 Å². The van der Waals surface area contributed by atoms with Crippen LogP contribution >= 0.6 is 0 Å². The van der Waals surface area contributed by atoms with E-state index in [4.69, 9.17) is 0 Å². The van der Waals surface area contributed by atoms with E-state index in [1.807, 2.05) is 32.0 Å². The van der Waals surface area contributed by atoms with E-state index in [0.29, 0.717) is 24.2 Å². The van der Waals surface area contributed by atoms with Gasteiger partial charge in [-0.25, -0.2) is 13.1 Å². The second-order valence-electron chi connectivity index (χ2n) is 7.74. The van der Waals surface area contributed by atoms with E-state index in [0.717, 1.165) is 5.39 Å². The number of hydrogen-bond acceptors (Lipinski definition) is 5. The Labute approximate surface area is 179 Å². The Hall–Kier alpha value is -3.17. The molecule has 1 aliphatic heterocycles. The van der Waals surface area contributed by atoms with Crippen molar-refractivity contribution in [1.29, 1.82) is 0 Å². The quantitative estimate of drug-likeness (QED) is 0.630. The van der Waals surface area contributed by atoms with Gasteiger partial charge in [0.05, 0.1) is 11.4 Å². The van der Waals surface area contributed by atoms with E-state index < -0.39 is 27.1 Å². The largest absolute Gasteiger partial charge is 0.503 e. The molecule has 9 heteroatoms. The molecule has 0 aliphatic carbocycles. The monoisotopic (exact) mass is 441 g/mol. The fraction of sp³-hybridized carbons (Fsp3) is 0.273. The van der Waals surface area contributed by atoms with Crippen molar-refractivity contribution in [3.8, 4) is 5.75 Å². The van der Waals surface area contributed by atoms with Crippen LogP contribution in [-0.2, 0) is 23.1 Å². The predicted molar refractivity (Wildman–Crippen MR) is 117 cm³/mol. The lowest BCUT2D eigenvalue weighted by molar-refractivity contribution is 0.0639. The first kappa shape index (κ1) is 21.1. The van der Waals surface area contributed by atoms with E-state index >= 15 is 0 Å². The molecule has 4 rings (SSSR count). The molecule has 162 valence electrons. The summed E-state index contributed by atoms with van der Waals surface area (Å²) < 4.78 is 30.1. The molecule has 1 aromatic heterocycles. The SMILES string of the molecule is CC(C)N1CCn2c(CNS(=O)(=O)c3cccc4ccccc34)cc(=O)c(O)c2C1=O. The van der Waals surface area contributed by atoms with E-state index in [-0.39, 0.29) is 23.2 Å². The highest BCUT2D eigenvalue weighted by atomic mass is 32.2. The zero-order valence-electron chi connectivity index (χ0n) is 17.2. The molecule has 0 atom stereocenters. The zero-order valence-corrected chi connectivity index (χ0v) is 18.0. The molecule has 0 unspecified atom stereocenters. The number of aromatic hydroxyl groups is 1. The summed E-state index contributed by atoms with van der Waals surface area (Å²) in [6, 6.07) is 13.3. The van der Waals surface area contributed by atoms with E-state index in [1.165, 1.54) is 16.7 Å². The Morgan fingerprint density at radius 1 is 1.06 bits per heavy atom. The van der Waals surface area contributed by atoms with Crippen LogP contribution in [0.5, 0.6) is 5.75 Å². The highest BCUT2D eigenvalue weighted by molar-refractivity contribution is 7.89. The van der Waals surface area contributed by atoms with Gasteiger partial charge in [-0.05, 0) is 25.3 Å². The molecule has 0 bridgehead atoms. The maximum atomic E-state index is 13.0. The third-order valence-electron chi connectivity index (χ3n) is 5.51. The van der Waals surface area contributed by atoms with Crippen molar-refractivity contribution >= 4 is 26.7 Å². The second-order valence-corrected chi connectivity index (χ2v) is 9.48. The molecule has 2 N–H and O–H groups in total. The van der Waals surface area contributed by atoms with Crippen LogP contribution in [0.4, 0.5) is 0 Å². The molecule has 0 spiro atoms. The summed E-state index contributed by atoms with van der Waals surface area (Å²) in [6.45, 7) is 4.26. The third kappa shape index (κ3) is 3.70. The average Bonchev–Trinajstić information content (AvgIpc) is 2.74. The van der Waals surface area contributed by atoms with Gasteiger partial charge in [-0.15, -0.1) is 0 Å². The number of rotatable bonds is 5. The number of fused-ring (bicyclic) bond motifs is 2. The molecular weight excluding hydrogens is 418 g/mol. The maximum absolute atomic E-state index is 13.0.